The Morgan fingerprint density at radius 1 is 1.67 bits per heavy atom. The maximum absolute atomic E-state index is 11.6. The van der Waals surface area contributed by atoms with Crippen LogP contribution in [0.15, 0.2) is 17.6 Å². The molecule has 2 N–H and O–H groups in total. The third-order valence-corrected chi connectivity index (χ3v) is 3.51. The zero-order chi connectivity index (χ0) is 10.7. The first kappa shape index (κ1) is 10.6. The second-order valence-electron chi connectivity index (χ2n) is 2.78. The SMILES string of the molecule is O=C(NCc1cn[nH]n1)c1csc(I)c1. The van der Waals surface area contributed by atoms with Crippen LogP contribution in [0.5, 0.6) is 0 Å². The molecule has 0 aliphatic heterocycles. The molecular weight excluding hydrogens is 327 g/mol. The van der Waals surface area contributed by atoms with Crippen LogP contribution in [0.4, 0.5) is 0 Å². The number of aromatic nitrogens is 3. The van der Waals surface area contributed by atoms with Crippen molar-refractivity contribution in [3.05, 3.63) is 31.8 Å². The number of carbonyl (C=O) groups excluding carboxylic acids is 1. The highest BCUT2D eigenvalue weighted by Crippen LogP contribution is 2.16. The molecular formula is C8H7IN4OS. The van der Waals surface area contributed by atoms with Crippen LogP contribution in [0.2, 0.25) is 0 Å². The number of amides is 1. The van der Waals surface area contributed by atoms with Crippen molar-refractivity contribution in [1.29, 1.82) is 0 Å². The van der Waals surface area contributed by atoms with E-state index in [1.807, 2.05) is 11.4 Å². The van der Waals surface area contributed by atoms with Crippen molar-refractivity contribution in [3.8, 4) is 0 Å². The van der Waals surface area contributed by atoms with Crippen molar-refractivity contribution in [2.45, 2.75) is 6.54 Å². The summed E-state index contributed by atoms with van der Waals surface area (Å²) in [5.74, 6) is -0.0860. The number of carbonyl (C=O) groups is 1. The van der Waals surface area contributed by atoms with Crippen LogP contribution in [-0.2, 0) is 6.54 Å². The molecule has 0 aliphatic carbocycles. The van der Waals surface area contributed by atoms with Gasteiger partial charge in [-0.3, -0.25) is 4.79 Å². The number of H-pyrrole nitrogens is 1. The lowest BCUT2D eigenvalue weighted by Gasteiger charge is -1.99. The van der Waals surface area contributed by atoms with E-state index >= 15 is 0 Å². The van der Waals surface area contributed by atoms with Crippen LogP contribution in [0, 0.1) is 2.88 Å². The molecule has 0 aliphatic rings. The minimum absolute atomic E-state index is 0.0860. The standard InChI is InChI=1S/C8H7IN4OS/c9-7-1-5(4-15-7)8(14)10-2-6-3-11-13-12-6/h1,3-4H,2H2,(H,10,14)(H,11,12,13). The van der Waals surface area contributed by atoms with E-state index in [1.54, 1.807) is 17.5 Å². The maximum atomic E-state index is 11.6. The van der Waals surface area contributed by atoms with E-state index in [-0.39, 0.29) is 5.91 Å². The van der Waals surface area contributed by atoms with Gasteiger partial charge in [0.1, 0.15) is 5.69 Å². The van der Waals surface area contributed by atoms with Crippen molar-refractivity contribution >= 4 is 39.8 Å². The quantitative estimate of drug-likeness (QED) is 0.834. The molecule has 0 atom stereocenters. The highest BCUT2D eigenvalue weighted by molar-refractivity contribution is 14.1. The average Bonchev–Trinajstić information content (AvgIpc) is 2.84. The Kier molecular flexibility index (Phi) is 3.31. The monoisotopic (exact) mass is 334 g/mol. The second-order valence-corrected chi connectivity index (χ2v) is 5.59. The molecule has 5 nitrogen and oxygen atoms in total. The smallest absolute Gasteiger partial charge is 0.252 e. The molecule has 2 rings (SSSR count). The first-order valence-electron chi connectivity index (χ1n) is 4.12. The summed E-state index contributed by atoms with van der Waals surface area (Å²) in [6.45, 7) is 0.391. The maximum Gasteiger partial charge on any atom is 0.252 e. The zero-order valence-electron chi connectivity index (χ0n) is 7.53. The summed E-state index contributed by atoms with van der Waals surface area (Å²) >= 11 is 3.73. The van der Waals surface area contributed by atoms with Crippen LogP contribution in [0.1, 0.15) is 16.1 Å². The summed E-state index contributed by atoms with van der Waals surface area (Å²) in [6.07, 6.45) is 1.58. The highest BCUT2D eigenvalue weighted by Gasteiger charge is 2.07. The fourth-order valence-electron chi connectivity index (χ4n) is 1.01. The van der Waals surface area contributed by atoms with Crippen molar-refractivity contribution in [3.63, 3.8) is 0 Å². The lowest BCUT2D eigenvalue weighted by Crippen LogP contribution is -2.22. The van der Waals surface area contributed by atoms with Crippen molar-refractivity contribution in [2.75, 3.05) is 0 Å². The van der Waals surface area contributed by atoms with Gasteiger partial charge in [-0.2, -0.15) is 15.4 Å². The van der Waals surface area contributed by atoms with E-state index < -0.39 is 0 Å². The molecule has 2 aromatic heterocycles. The molecule has 7 heteroatoms. The van der Waals surface area contributed by atoms with E-state index in [9.17, 15) is 4.79 Å². The molecule has 0 spiro atoms. The van der Waals surface area contributed by atoms with Crippen LogP contribution in [-0.4, -0.2) is 21.3 Å². The van der Waals surface area contributed by atoms with Gasteiger partial charge >= 0.3 is 0 Å². The van der Waals surface area contributed by atoms with Crippen LogP contribution >= 0.6 is 33.9 Å². The minimum Gasteiger partial charge on any atom is -0.346 e. The Balaban J connectivity index is 1.93. The fraction of sp³-hybridized carbons (Fsp3) is 0.125. The Bertz CT molecular complexity index is 453. The molecule has 1 amide bonds. The number of halogens is 1. The first-order chi connectivity index (χ1) is 7.25. The Hall–Kier alpha value is -0.960. The molecule has 0 saturated carbocycles. The van der Waals surface area contributed by atoms with Gasteiger partial charge in [0, 0.05) is 5.38 Å². The minimum atomic E-state index is -0.0860. The predicted octanol–water partition coefficient (Wildman–Crippen LogP) is 1.40. The normalized spacial score (nSPS) is 10.2. The summed E-state index contributed by atoms with van der Waals surface area (Å²) in [4.78, 5) is 11.6. The summed E-state index contributed by atoms with van der Waals surface area (Å²) in [7, 11) is 0. The van der Waals surface area contributed by atoms with Gasteiger partial charge in [-0.15, -0.1) is 11.3 Å². The second kappa shape index (κ2) is 4.71. The highest BCUT2D eigenvalue weighted by atomic mass is 127. The third kappa shape index (κ3) is 2.75. The molecule has 78 valence electrons. The van der Waals surface area contributed by atoms with Crippen LogP contribution in [0.25, 0.3) is 0 Å². The summed E-state index contributed by atoms with van der Waals surface area (Å²) in [5.41, 5.74) is 1.40. The summed E-state index contributed by atoms with van der Waals surface area (Å²) in [6, 6.07) is 1.85. The van der Waals surface area contributed by atoms with Crippen LogP contribution < -0.4 is 5.32 Å². The molecule has 0 unspecified atom stereocenters. The van der Waals surface area contributed by atoms with Crippen molar-refractivity contribution < 1.29 is 4.79 Å². The van der Waals surface area contributed by atoms with Gasteiger partial charge in [0.25, 0.3) is 5.91 Å². The molecule has 0 bridgehead atoms. The topological polar surface area (TPSA) is 70.7 Å². The number of hydrogen-bond acceptors (Lipinski definition) is 4. The van der Waals surface area contributed by atoms with Crippen LogP contribution in [0.3, 0.4) is 0 Å². The van der Waals surface area contributed by atoms with Gasteiger partial charge in [-0.25, -0.2) is 0 Å². The Morgan fingerprint density at radius 3 is 3.13 bits per heavy atom. The van der Waals surface area contributed by atoms with Gasteiger partial charge in [0.15, 0.2) is 0 Å². The lowest BCUT2D eigenvalue weighted by molar-refractivity contribution is 0.0951. The Morgan fingerprint density at radius 2 is 2.53 bits per heavy atom. The first-order valence-corrected chi connectivity index (χ1v) is 6.08. The molecule has 0 saturated heterocycles. The number of aromatic amines is 1. The molecule has 2 heterocycles. The largest absolute Gasteiger partial charge is 0.346 e. The van der Waals surface area contributed by atoms with Gasteiger partial charge in [0.2, 0.25) is 0 Å². The number of rotatable bonds is 3. The van der Waals surface area contributed by atoms with E-state index in [0.29, 0.717) is 17.8 Å². The summed E-state index contributed by atoms with van der Waals surface area (Å²) < 4.78 is 1.10. The number of nitrogens with one attached hydrogen (secondary N) is 2. The number of nitrogens with zero attached hydrogens (tertiary/aromatic N) is 2. The van der Waals surface area contributed by atoms with E-state index in [2.05, 4.69) is 43.3 Å². The van der Waals surface area contributed by atoms with Crippen molar-refractivity contribution in [1.82, 2.24) is 20.7 Å². The fourth-order valence-corrected chi connectivity index (χ4v) is 2.34. The molecule has 2 aromatic rings. The van der Waals surface area contributed by atoms with E-state index in [4.69, 9.17) is 0 Å². The molecule has 0 aromatic carbocycles. The molecule has 0 radical (unpaired) electrons. The van der Waals surface area contributed by atoms with E-state index in [1.165, 1.54) is 0 Å². The van der Waals surface area contributed by atoms with Gasteiger partial charge < -0.3 is 5.32 Å². The number of hydrogen-bond donors (Lipinski definition) is 2. The van der Waals surface area contributed by atoms with E-state index in [0.717, 1.165) is 2.88 Å². The zero-order valence-corrected chi connectivity index (χ0v) is 10.5. The lowest BCUT2D eigenvalue weighted by atomic mass is 10.3. The Labute approximate surface area is 103 Å². The number of thiophene rings is 1. The molecule has 15 heavy (non-hydrogen) atoms. The van der Waals surface area contributed by atoms with Crippen molar-refractivity contribution in [2.24, 2.45) is 0 Å². The molecule has 0 fully saturated rings. The predicted molar refractivity (Wildman–Crippen MR) is 64.6 cm³/mol. The van der Waals surface area contributed by atoms with Gasteiger partial charge in [-0.05, 0) is 28.7 Å². The third-order valence-electron chi connectivity index (χ3n) is 1.72. The summed E-state index contributed by atoms with van der Waals surface area (Å²) in [5, 5.41) is 14.6. The average molecular weight is 334 g/mol. The van der Waals surface area contributed by atoms with Gasteiger partial charge in [0.05, 0.1) is 21.2 Å². The van der Waals surface area contributed by atoms with Gasteiger partial charge in [-0.1, -0.05) is 0 Å².